The van der Waals surface area contributed by atoms with Crippen LogP contribution < -0.4 is 0 Å². The van der Waals surface area contributed by atoms with Gasteiger partial charge in [0.2, 0.25) is 0 Å². The average molecular weight is 147 g/mol. The van der Waals surface area contributed by atoms with E-state index in [0.29, 0.717) is 0 Å². The van der Waals surface area contributed by atoms with Crippen molar-refractivity contribution in [3.8, 4) is 0 Å². The van der Waals surface area contributed by atoms with Crippen molar-refractivity contribution < 1.29 is 0 Å². The Morgan fingerprint density at radius 2 is 2.00 bits per heavy atom. The lowest BCUT2D eigenvalue weighted by molar-refractivity contribution is 0.411. The highest BCUT2D eigenvalue weighted by Crippen LogP contribution is 2.34. The van der Waals surface area contributed by atoms with E-state index in [1.807, 2.05) is 0 Å². The van der Waals surface area contributed by atoms with Crippen molar-refractivity contribution in [3.63, 3.8) is 0 Å². The summed E-state index contributed by atoms with van der Waals surface area (Å²) >= 11 is 5.78. The van der Waals surface area contributed by atoms with E-state index >= 15 is 0 Å². The maximum absolute atomic E-state index is 5.78. The second-order valence-electron chi connectivity index (χ2n) is 3.01. The van der Waals surface area contributed by atoms with E-state index in [1.54, 1.807) is 0 Å². The smallest absolute Gasteiger partial charge is 0.0254 e. The summed E-state index contributed by atoms with van der Waals surface area (Å²) in [6.45, 7) is 2.27. The molecule has 0 aromatic carbocycles. The zero-order valence-electron chi connectivity index (χ0n) is 6.07. The van der Waals surface area contributed by atoms with Crippen LogP contribution in [-0.2, 0) is 0 Å². The number of alkyl halides is 1. The minimum atomic E-state index is 0.844. The molecular weight excluding hydrogens is 132 g/mol. The molecule has 0 aromatic heterocycles. The van der Waals surface area contributed by atoms with E-state index in [9.17, 15) is 0 Å². The van der Waals surface area contributed by atoms with Crippen LogP contribution in [0.3, 0.4) is 0 Å². The fourth-order valence-corrected chi connectivity index (χ4v) is 2.26. The van der Waals surface area contributed by atoms with Gasteiger partial charge in [-0.25, -0.2) is 0 Å². The predicted molar refractivity (Wildman–Crippen MR) is 41.8 cm³/mol. The molecule has 54 valence electrons. The minimum absolute atomic E-state index is 0.844. The predicted octanol–water partition coefficient (Wildman–Crippen LogP) is 3.05. The Bertz CT molecular complexity index is 70.6. The molecule has 9 heavy (non-hydrogen) atoms. The molecule has 1 saturated carbocycles. The van der Waals surface area contributed by atoms with Crippen molar-refractivity contribution in [1.82, 2.24) is 0 Å². The van der Waals surface area contributed by atoms with Crippen molar-refractivity contribution in [1.29, 1.82) is 0 Å². The van der Waals surface area contributed by atoms with Crippen LogP contribution in [0.1, 0.15) is 32.6 Å². The van der Waals surface area contributed by atoms with Gasteiger partial charge in [-0.2, -0.15) is 0 Å². The van der Waals surface area contributed by atoms with Gasteiger partial charge < -0.3 is 0 Å². The summed E-state index contributed by atoms with van der Waals surface area (Å²) in [5, 5.41) is 0. The maximum Gasteiger partial charge on any atom is 0.0254 e. The van der Waals surface area contributed by atoms with Crippen LogP contribution in [0.25, 0.3) is 0 Å². The summed E-state index contributed by atoms with van der Waals surface area (Å²) in [5.41, 5.74) is 0. The summed E-state index contributed by atoms with van der Waals surface area (Å²) in [7, 11) is 0. The zero-order chi connectivity index (χ0) is 6.69. The Hall–Kier alpha value is 0.290. The normalized spacial score (nSPS) is 35.3. The van der Waals surface area contributed by atoms with Crippen LogP contribution in [0.5, 0.6) is 0 Å². The fourth-order valence-electron chi connectivity index (χ4n) is 1.85. The molecule has 1 heteroatoms. The number of hydrogen-bond donors (Lipinski definition) is 0. The quantitative estimate of drug-likeness (QED) is 0.526. The average Bonchev–Trinajstić information content (AvgIpc) is 2.33. The number of hydrogen-bond acceptors (Lipinski definition) is 0. The van der Waals surface area contributed by atoms with Gasteiger partial charge >= 0.3 is 0 Å². The van der Waals surface area contributed by atoms with Crippen LogP contribution in [0.4, 0.5) is 0 Å². The standard InChI is InChI=1S/C8H15Cl/c1-2-7-4-3-5-8(7)6-9/h7-8H,2-6H2,1H3. The van der Waals surface area contributed by atoms with Gasteiger partial charge in [0.1, 0.15) is 0 Å². The third-order valence-electron chi connectivity index (χ3n) is 2.54. The Kier molecular flexibility index (Phi) is 2.84. The minimum Gasteiger partial charge on any atom is -0.126 e. The highest BCUT2D eigenvalue weighted by molar-refractivity contribution is 6.18. The highest BCUT2D eigenvalue weighted by atomic mass is 35.5. The molecule has 0 spiro atoms. The third-order valence-corrected chi connectivity index (χ3v) is 2.94. The first-order chi connectivity index (χ1) is 4.38. The van der Waals surface area contributed by atoms with Gasteiger partial charge in [-0.3, -0.25) is 0 Å². The topological polar surface area (TPSA) is 0 Å². The van der Waals surface area contributed by atoms with Crippen molar-refractivity contribution in [3.05, 3.63) is 0 Å². The molecule has 0 amide bonds. The number of rotatable bonds is 2. The third kappa shape index (κ3) is 1.61. The van der Waals surface area contributed by atoms with Gasteiger partial charge in [-0.1, -0.05) is 26.2 Å². The van der Waals surface area contributed by atoms with E-state index in [0.717, 1.165) is 17.7 Å². The molecule has 0 bridgehead atoms. The number of halogens is 1. The van der Waals surface area contributed by atoms with Crippen molar-refractivity contribution in [2.75, 3.05) is 5.88 Å². The second kappa shape index (κ2) is 3.46. The highest BCUT2D eigenvalue weighted by Gasteiger charge is 2.24. The van der Waals surface area contributed by atoms with E-state index in [1.165, 1.54) is 25.7 Å². The molecule has 0 radical (unpaired) electrons. The van der Waals surface area contributed by atoms with Gasteiger partial charge in [0.15, 0.2) is 0 Å². The molecule has 1 fully saturated rings. The fraction of sp³-hybridized carbons (Fsp3) is 1.00. The second-order valence-corrected chi connectivity index (χ2v) is 3.32. The van der Waals surface area contributed by atoms with E-state index < -0.39 is 0 Å². The van der Waals surface area contributed by atoms with Crippen LogP contribution >= 0.6 is 11.6 Å². The molecular formula is C8H15Cl. The van der Waals surface area contributed by atoms with Crippen LogP contribution in [0, 0.1) is 11.8 Å². The Morgan fingerprint density at radius 1 is 1.33 bits per heavy atom. The molecule has 1 rings (SSSR count). The lowest BCUT2D eigenvalue weighted by atomic mass is 9.96. The summed E-state index contributed by atoms with van der Waals surface area (Å²) < 4.78 is 0. The molecule has 0 aliphatic heterocycles. The summed E-state index contributed by atoms with van der Waals surface area (Å²) in [6.07, 6.45) is 5.54. The van der Waals surface area contributed by atoms with Gasteiger partial charge in [-0.15, -0.1) is 11.6 Å². The molecule has 0 heterocycles. The first-order valence-electron chi connectivity index (χ1n) is 3.94. The molecule has 0 saturated heterocycles. The SMILES string of the molecule is CCC1CCCC1CCl. The van der Waals surface area contributed by atoms with E-state index in [2.05, 4.69) is 6.92 Å². The van der Waals surface area contributed by atoms with Gasteiger partial charge in [0, 0.05) is 5.88 Å². The van der Waals surface area contributed by atoms with Gasteiger partial charge in [0.05, 0.1) is 0 Å². The molecule has 2 atom stereocenters. The monoisotopic (exact) mass is 146 g/mol. The largest absolute Gasteiger partial charge is 0.126 e. The summed E-state index contributed by atoms with van der Waals surface area (Å²) in [5.74, 6) is 2.68. The lowest BCUT2D eigenvalue weighted by Gasteiger charge is -2.13. The summed E-state index contributed by atoms with van der Waals surface area (Å²) in [6, 6.07) is 0. The molecule has 1 aliphatic carbocycles. The Morgan fingerprint density at radius 3 is 2.44 bits per heavy atom. The van der Waals surface area contributed by atoms with Crippen molar-refractivity contribution in [2.24, 2.45) is 11.8 Å². The van der Waals surface area contributed by atoms with Gasteiger partial charge in [-0.05, 0) is 18.3 Å². The van der Waals surface area contributed by atoms with Crippen LogP contribution in [0.2, 0.25) is 0 Å². The molecule has 0 nitrogen and oxygen atoms in total. The van der Waals surface area contributed by atoms with Crippen LogP contribution in [-0.4, -0.2) is 5.88 Å². The van der Waals surface area contributed by atoms with Gasteiger partial charge in [0.25, 0.3) is 0 Å². The Labute approximate surface area is 62.6 Å². The first-order valence-corrected chi connectivity index (χ1v) is 4.48. The van der Waals surface area contributed by atoms with Crippen LogP contribution in [0.15, 0.2) is 0 Å². The molecule has 1 aliphatic rings. The zero-order valence-corrected chi connectivity index (χ0v) is 6.82. The lowest BCUT2D eigenvalue weighted by Crippen LogP contribution is -2.07. The van der Waals surface area contributed by atoms with Crippen molar-refractivity contribution >= 4 is 11.6 Å². The van der Waals surface area contributed by atoms with E-state index in [4.69, 9.17) is 11.6 Å². The summed E-state index contributed by atoms with van der Waals surface area (Å²) in [4.78, 5) is 0. The van der Waals surface area contributed by atoms with E-state index in [-0.39, 0.29) is 0 Å². The maximum atomic E-state index is 5.78. The molecule has 0 N–H and O–H groups in total. The van der Waals surface area contributed by atoms with Crippen molar-refractivity contribution in [2.45, 2.75) is 32.6 Å². The first kappa shape index (κ1) is 7.40. The molecule has 0 aromatic rings. The Balaban J connectivity index is 2.32. The molecule has 2 unspecified atom stereocenters.